The number of para-hydroxylation sites is 1. The zero-order valence-electron chi connectivity index (χ0n) is 11.8. The molecule has 0 aliphatic rings. The fraction of sp³-hybridized carbons (Fsp3) is 0.294. The molecular weight excluding hydrogens is 237 g/mol. The van der Waals surface area contributed by atoms with E-state index in [9.17, 15) is 4.39 Å². The highest BCUT2D eigenvalue weighted by molar-refractivity contribution is 5.57. The van der Waals surface area contributed by atoms with Crippen LogP contribution in [0.5, 0.6) is 0 Å². The Kier molecular flexibility index (Phi) is 4.20. The van der Waals surface area contributed by atoms with Crippen LogP contribution in [0.15, 0.2) is 36.4 Å². The largest absolute Gasteiger partial charge is 0.380 e. The Morgan fingerprint density at radius 2 is 1.84 bits per heavy atom. The molecule has 0 aromatic heterocycles. The van der Waals surface area contributed by atoms with Crippen LogP contribution in [0.1, 0.15) is 29.2 Å². The number of halogens is 1. The number of nitrogens with one attached hydrogen (secondary N) is 1. The molecule has 1 N–H and O–H groups in total. The molecular formula is C17H20FN. The summed E-state index contributed by atoms with van der Waals surface area (Å²) < 4.78 is 13.7. The van der Waals surface area contributed by atoms with E-state index in [1.807, 2.05) is 13.0 Å². The van der Waals surface area contributed by atoms with Crippen LogP contribution in [0, 0.1) is 19.7 Å². The minimum Gasteiger partial charge on any atom is -0.380 e. The van der Waals surface area contributed by atoms with E-state index in [2.05, 4.69) is 37.4 Å². The molecule has 0 unspecified atom stereocenters. The third-order valence-electron chi connectivity index (χ3n) is 3.40. The van der Waals surface area contributed by atoms with Gasteiger partial charge in [-0.15, -0.1) is 0 Å². The van der Waals surface area contributed by atoms with Gasteiger partial charge in [0.1, 0.15) is 5.82 Å². The molecule has 2 aromatic rings. The highest BCUT2D eigenvalue weighted by Crippen LogP contribution is 2.22. The van der Waals surface area contributed by atoms with Crippen molar-refractivity contribution < 1.29 is 4.39 Å². The zero-order chi connectivity index (χ0) is 13.8. The second kappa shape index (κ2) is 5.87. The van der Waals surface area contributed by atoms with Crippen molar-refractivity contribution in [3.8, 4) is 0 Å². The Bertz CT molecular complexity index is 575. The van der Waals surface area contributed by atoms with Gasteiger partial charge in [-0.05, 0) is 37.5 Å². The molecule has 0 aliphatic heterocycles. The Hall–Kier alpha value is -1.83. The summed E-state index contributed by atoms with van der Waals surface area (Å²) in [7, 11) is 0. The highest BCUT2D eigenvalue weighted by Gasteiger charge is 2.06. The Morgan fingerprint density at radius 1 is 1.05 bits per heavy atom. The third kappa shape index (κ3) is 3.14. The summed E-state index contributed by atoms with van der Waals surface area (Å²) in [4.78, 5) is 0. The van der Waals surface area contributed by atoms with Crippen LogP contribution < -0.4 is 5.32 Å². The molecule has 0 bridgehead atoms. The van der Waals surface area contributed by atoms with Crippen LogP contribution in [-0.4, -0.2) is 0 Å². The molecule has 1 nitrogen and oxygen atoms in total. The summed E-state index contributed by atoms with van der Waals surface area (Å²) in [6, 6.07) is 11.5. The summed E-state index contributed by atoms with van der Waals surface area (Å²) in [6.07, 6.45) is 0.973. The van der Waals surface area contributed by atoms with E-state index in [0.29, 0.717) is 12.1 Å². The molecule has 0 saturated carbocycles. The minimum atomic E-state index is -0.148. The Balaban J connectivity index is 2.21. The Labute approximate surface area is 114 Å². The predicted octanol–water partition coefficient (Wildman–Crippen LogP) is 4.62. The van der Waals surface area contributed by atoms with Crippen LogP contribution in [0.25, 0.3) is 0 Å². The summed E-state index contributed by atoms with van der Waals surface area (Å²) in [5.74, 6) is -0.148. The number of aryl methyl sites for hydroxylation is 3. The van der Waals surface area contributed by atoms with E-state index in [0.717, 1.165) is 17.7 Å². The smallest absolute Gasteiger partial charge is 0.128 e. The quantitative estimate of drug-likeness (QED) is 0.843. The first kappa shape index (κ1) is 13.6. The summed E-state index contributed by atoms with van der Waals surface area (Å²) >= 11 is 0. The SMILES string of the molecule is CCc1cccc(C)c1NCc1cc(C)ccc1F. The summed E-state index contributed by atoms with van der Waals surface area (Å²) in [6.45, 7) is 6.71. The molecule has 0 atom stereocenters. The Morgan fingerprint density at radius 3 is 2.58 bits per heavy atom. The zero-order valence-corrected chi connectivity index (χ0v) is 11.8. The van der Waals surface area contributed by atoms with Gasteiger partial charge in [-0.2, -0.15) is 0 Å². The fourth-order valence-electron chi connectivity index (χ4n) is 2.30. The number of hydrogen-bond donors (Lipinski definition) is 1. The molecule has 0 amide bonds. The maximum atomic E-state index is 13.7. The molecule has 2 heteroatoms. The van der Waals surface area contributed by atoms with Gasteiger partial charge in [0.15, 0.2) is 0 Å². The van der Waals surface area contributed by atoms with Gasteiger partial charge in [-0.3, -0.25) is 0 Å². The molecule has 0 spiro atoms. The number of hydrogen-bond acceptors (Lipinski definition) is 1. The lowest BCUT2D eigenvalue weighted by Crippen LogP contribution is -2.05. The van der Waals surface area contributed by atoms with Crippen molar-refractivity contribution in [1.29, 1.82) is 0 Å². The average molecular weight is 257 g/mol. The molecule has 19 heavy (non-hydrogen) atoms. The maximum absolute atomic E-state index is 13.7. The molecule has 0 radical (unpaired) electrons. The van der Waals surface area contributed by atoms with Gasteiger partial charge in [-0.25, -0.2) is 4.39 Å². The summed E-state index contributed by atoms with van der Waals surface area (Å²) in [5, 5.41) is 3.38. The molecule has 0 fully saturated rings. The van der Waals surface area contributed by atoms with Gasteiger partial charge in [0.25, 0.3) is 0 Å². The van der Waals surface area contributed by atoms with Gasteiger partial charge >= 0.3 is 0 Å². The molecule has 0 saturated heterocycles. The molecule has 2 rings (SSSR count). The standard InChI is InChI=1S/C17H20FN/c1-4-14-7-5-6-13(3)17(14)19-11-15-10-12(2)8-9-16(15)18/h5-10,19H,4,11H2,1-3H3. The monoisotopic (exact) mass is 257 g/mol. The van der Waals surface area contributed by atoms with Crippen molar-refractivity contribution in [1.82, 2.24) is 0 Å². The van der Waals surface area contributed by atoms with E-state index < -0.39 is 0 Å². The first-order valence-corrected chi connectivity index (χ1v) is 6.69. The molecule has 0 heterocycles. The second-order valence-electron chi connectivity index (χ2n) is 4.91. The first-order valence-electron chi connectivity index (χ1n) is 6.69. The van der Waals surface area contributed by atoms with Crippen LogP contribution in [0.4, 0.5) is 10.1 Å². The van der Waals surface area contributed by atoms with Crippen LogP contribution >= 0.6 is 0 Å². The van der Waals surface area contributed by atoms with Gasteiger partial charge in [0, 0.05) is 17.8 Å². The van der Waals surface area contributed by atoms with Crippen LogP contribution in [-0.2, 0) is 13.0 Å². The topological polar surface area (TPSA) is 12.0 Å². The second-order valence-corrected chi connectivity index (χ2v) is 4.91. The summed E-state index contributed by atoms with van der Waals surface area (Å²) in [5.41, 5.74) is 5.40. The third-order valence-corrected chi connectivity index (χ3v) is 3.40. The van der Waals surface area contributed by atoms with Gasteiger partial charge < -0.3 is 5.32 Å². The lowest BCUT2D eigenvalue weighted by molar-refractivity contribution is 0.612. The lowest BCUT2D eigenvalue weighted by Gasteiger charge is -2.14. The van der Waals surface area contributed by atoms with E-state index in [1.165, 1.54) is 17.2 Å². The van der Waals surface area contributed by atoms with Gasteiger partial charge in [0.2, 0.25) is 0 Å². The minimum absolute atomic E-state index is 0.148. The van der Waals surface area contributed by atoms with Crippen molar-refractivity contribution in [3.63, 3.8) is 0 Å². The van der Waals surface area contributed by atoms with Gasteiger partial charge in [0.05, 0.1) is 0 Å². The van der Waals surface area contributed by atoms with Gasteiger partial charge in [-0.1, -0.05) is 42.8 Å². The first-order chi connectivity index (χ1) is 9.11. The lowest BCUT2D eigenvalue weighted by atomic mass is 10.1. The molecule has 2 aromatic carbocycles. The van der Waals surface area contributed by atoms with Crippen molar-refractivity contribution in [2.75, 3.05) is 5.32 Å². The molecule has 0 aliphatic carbocycles. The van der Waals surface area contributed by atoms with Crippen molar-refractivity contribution in [2.45, 2.75) is 33.7 Å². The van der Waals surface area contributed by atoms with Crippen molar-refractivity contribution in [2.24, 2.45) is 0 Å². The molecule has 100 valence electrons. The van der Waals surface area contributed by atoms with E-state index in [1.54, 1.807) is 6.07 Å². The van der Waals surface area contributed by atoms with Crippen LogP contribution in [0.2, 0.25) is 0 Å². The van der Waals surface area contributed by atoms with Crippen molar-refractivity contribution in [3.05, 3.63) is 64.5 Å². The average Bonchev–Trinajstić information content (AvgIpc) is 2.40. The number of anilines is 1. The number of benzene rings is 2. The van der Waals surface area contributed by atoms with E-state index in [4.69, 9.17) is 0 Å². The van der Waals surface area contributed by atoms with E-state index in [-0.39, 0.29) is 5.82 Å². The maximum Gasteiger partial charge on any atom is 0.128 e. The van der Waals surface area contributed by atoms with Crippen LogP contribution in [0.3, 0.4) is 0 Å². The van der Waals surface area contributed by atoms with Crippen molar-refractivity contribution >= 4 is 5.69 Å². The highest BCUT2D eigenvalue weighted by atomic mass is 19.1. The van der Waals surface area contributed by atoms with E-state index >= 15 is 0 Å². The predicted molar refractivity (Wildman–Crippen MR) is 79.0 cm³/mol. The number of rotatable bonds is 4. The fourth-order valence-corrected chi connectivity index (χ4v) is 2.30. The normalized spacial score (nSPS) is 10.5.